The molecular formula is C23H24N6O. The molecule has 1 N–H and O–H groups in total. The van der Waals surface area contributed by atoms with Gasteiger partial charge in [0, 0.05) is 12.7 Å². The highest BCUT2D eigenvalue weighted by molar-refractivity contribution is 5.52. The van der Waals surface area contributed by atoms with Gasteiger partial charge in [-0.3, -0.25) is 4.90 Å². The SMILES string of the molecule is N#Cc1ccc(Nc2nccc(C3CCCN3CCOCc3ccccc3)n2)cn1. The summed E-state index contributed by atoms with van der Waals surface area (Å²) in [5.41, 5.74) is 3.34. The summed E-state index contributed by atoms with van der Waals surface area (Å²) in [4.78, 5) is 15.5. The molecule has 2 aromatic heterocycles. The first kappa shape index (κ1) is 20.0. The van der Waals surface area contributed by atoms with Crippen LogP contribution in [0.2, 0.25) is 0 Å². The number of rotatable bonds is 8. The minimum atomic E-state index is 0.271. The van der Waals surface area contributed by atoms with E-state index in [0.717, 1.165) is 37.3 Å². The van der Waals surface area contributed by atoms with Gasteiger partial charge in [-0.1, -0.05) is 30.3 Å². The van der Waals surface area contributed by atoms with Gasteiger partial charge in [-0.25, -0.2) is 15.0 Å². The van der Waals surface area contributed by atoms with Crippen molar-refractivity contribution in [3.63, 3.8) is 0 Å². The van der Waals surface area contributed by atoms with E-state index in [2.05, 4.69) is 32.3 Å². The molecule has 1 aliphatic heterocycles. The largest absolute Gasteiger partial charge is 0.375 e. The highest BCUT2D eigenvalue weighted by Gasteiger charge is 2.27. The highest BCUT2D eigenvalue weighted by atomic mass is 16.5. The molecule has 0 radical (unpaired) electrons. The summed E-state index contributed by atoms with van der Waals surface area (Å²) in [5.74, 6) is 0.534. The predicted octanol–water partition coefficient (Wildman–Crippen LogP) is 3.84. The van der Waals surface area contributed by atoms with Crippen LogP contribution in [0.1, 0.15) is 35.8 Å². The summed E-state index contributed by atoms with van der Waals surface area (Å²) in [6.07, 6.45) is 5.62. The topological polar surface area (TPSA) is 87.0 Å². The van der Waals surface area contributed by atoms with Crippen molar-refractivity contribution < 1.29 is 4.74 Å². The second-order valence-electron chi connectivity index (χ2n) is 7.21. The molecule has 1 unspecified atom stereocenters. The van der Waals surface area contributed by atoms with E-state index in [0.29, 0.717) is 24.9 Å². The third-order valence-electron chi connectivity index (χ3n) is 5.15. The first-order chi connectivity index (χ1) is 14.8. The van der Waals surface area contributed by atoms with Gasteiger partial charge in [0.15, 0.2) is 0 Å². The van der Waals surface area contributed by atoms with E-state index in [1.54, 1.807) is 24.5 Å². The Kier molecular flexibility index (Phi) is 6.60. The molecule has 1 aliphatic rings. The molecular weight excluding hydrogens is 376 g/mol. The standard InChI is InChI=1S/C23H24N6O/c24-15-19-8-9-20(16-26-19)27-23-25-11-10-21(28-23)22-7-4-12-29(22)13-14-30-17-18-5-2-1-3-6-18/h1-3,5-6,8-11,16,22H,4,7,12-14,17H2,(H,25,27,28). The van der Waals surface area contributed by atoms with Gasteiger partial charge in [0.05, 0.1) is 36.8 Å². The lowest BCUT2D eigenvalue weighted by Gasteiger charge is -2.24. The van der Waals surface area contributed by atoms with Gasteiger partial charge in [-0.05, 0) is 43.1 Å². The highest BCUT2D eigenvalue weighted by Crippen LogP contribution is 2.30. The molecule has 1 fully saturated rings. The number of pyridine rings is 1. The summed E-state index contributed by atoms with van der Waals surface area (Å²) >= 11 is 0. The third kappa shape index (κ3) is 5.17. The minimum absolute atomic E-state index is 0.271. The lowest BCUT2D eigenvalue weighted by atomic mass is 10.1. The lowest BCUT2D eigenvalue weighted by Crippen LogP contribution is -2.28. The molecule has 1 saturated heterocycles. The van der Waals surface area contributed by atoms with E-state index < -0.39 is 0 Å². The summed E-state index contributed by atoms with van der Waals surface area (Å²) < 4.78 is 5.87. The number of ether oxygens (including phenoxy) is 1. The van der Waals surface area contributed by atoms with Crippen LogP contribution in [0.3, 0.4) is 0 Å². The van der Waals surface area contributed by atoms with Crippen molar-refractivity contribution in [1.82, 2.24) is 19.9 Å². The zero-order chi connectivity index (χ0) is 20.6. The molecule has 4 rings (SSSR count). The number of likely N-dealkylation sites (tertiary alicyclic amines) is 1. The number of anilines is 2. The van der Waals surface area contributed by atoms with Gasteiger partial charge < -0.3 is 10.1 Å². The molecule has 0 bridgehead atoms. The molecule has 0 aliphatic carbocycles. The first-order valence-electron chi connectivity index (χ1n) is 10.1. The van der Waals surface area contributed by atoms with Gasteiger partial charge in [0.2, 0.25) is 5.95 Å². The van der Waals surface area contributed by atoms with Gasteiger partial charge >= 0.3 is 0 Å². The van der Waals surface area contributed by atoms with Crippen molar-refractivity contribution in [2.75, 3.05) is 25.0 Å². The second kappa shape index (κ2) is 9.92. The molecule has 7 nitrogen and oxygen atoms in total. The number of hydrogen-bond donors (Lipinski definition) is 1. The van der Waals surface area contributed by atoms with E-state index in [9.17, 15) is 0 Å². The van der Waals surface area contributed by atoms with Crippen LogP contribution in [0, 0.1) is 11.3 Å². The van der Waals surface area contributed by atoms with Gasteiger partial charge in [-0.2, -0.15) is 5.26 Å². The summed E-state index contributed by atoms with van der Waals surface area (Å²) in [6, 6.07) is 18.0. The van der Waals surface area contributed by atoms with Crippen molar-refractivity contribution in [2.45, 2.75) is 25.5 Å². The van der Waals surface area contributed by atoms with Crippen molar-refractivity contribution >= 4 is 11.6 Å². The minimum Gasteiger partial charge on any atom is -0.375 e. The number of aromatic nitrogens is 3. The van der Waals surface area contributed by atoms with Crippen LogP contribution in [0.25, 0.3) is 0 Å². The van der Waals surface area contributed by atoms with E-state index in [1.165, 1.54) is 5.56 Å². The summed E-state index contributed by atoms with van der Waals surface area (Å²) in [7, 11) is 0. The fraction of sp³-hybridized carbons (Fsp3) is 0.304. The van der Waals surface area contributed by atoms with Crippen molar-refractivity contribution in [3.05, 3.63) is 77.9 Å². The molecule has 0 saturated carbocycles. The van der Waals surface area contributed by atoms with Crippen LogP contribution in [0.4, 0.5) is 11.6 Å². The molecule has 7 heteroatoms. The Morgan fingerprint density at radius 2 is 2.03 bits per heavy atom. The fourth-order valence-electron chi connectivity index (χ4n) is 3.66. The van der Waals surface area contributed by atoms with Crippen LogP contribution in [-0.4, -0.2) is 39.5 Å². The molecule has 3 aromatic rings. The maximum atomic E-state index is 8.86. The second-order valence-corrected chi connectivity index (χ2v) is 7.21. The Hall–Kier alpha value is -3.34. The van der Waals surface area contributed by atoms with Crippen LogP contribution in [0.5, 0.6) is 0 Å². The monoisotopic (exact) mass is 400 g/mol. The van der Waals surface area contributed by atoms with Crippen molar-refractivity contribution in [2.24, 2.45) is 0 Å². The quantitative estimate of drug-likeness (QED) is 0.575. The molecule has 1 atom stereocenters. The maximum absolute atomic E-state index is 8.86. The molecule has 0 amide bonds. The Balaban J connectivity index is 1.34. The average Bonchev–Trinajstić information content (AvgIpc) is 3.27. The summed E-state index contributed by atoms with van der Waals surface area (Å²) in [5, 5.41) is 12.0. The van der Waals surface area contributed by atoms with Crippen LogP contribution < -0.4 is 5.32 Å². The fourth-order valence-corrected chi connectivity index (χ4v) is 3.66. The third-order valence-corrected chi connectivity index (χ3v) is 5.15. The van der Waals surface area contributed by atoms with Crippen molar-refractivity contribution in [1.29, 1.82) is 5.26 Å². The number of nitrogens with zero attached hydrogens (tertiary/aromatic N) is 5. The van der Waals surface area contributed by atoms with E-state index in [1.807, 2.05) is 30.3 Å². The molecule has 30 heavy (non-hydrogen) atoms. The number of nitriles is 1. The number of hydrogen-bond acceptors (Lipinski definition) is 7. The van der Waals surface area contributed by atoms with E-state index in [4.69, 9.17) is 15.0 Å². The van der Waals surface area contributed by atoms with Crippen LogP contribution in [0.15, 0.2) is 60.9 Å². The normalized spacial score (nSPS) is 16.3. The molecule has 1 aromatic carbocycles. The first-order valence-corrected chi connectivity index (χ1v) is 10.1. The molecule has 0 spiro atoms. The van der Waals surface area contributed by atoms with Gasteiger partial charge in [-0.15, -0.1) is 0 Å². The van der Waals surface area contributed by atoms with E-state index in [-0.39, 0.29) is 6.04 Å². The Morgan fingerprint density at radius 1 is 1.13 bits per heavy atom. The van der Waals surface area contributed by atoms with Gasteiger partial charge in [0.1, 0.15) is 11.8 Å². The number of benzene rings is 1. The number of nitrogens with one attached hydrogen (secondary N) is 1. The average molecular weight is 400 g/mol. The Bertz CT molecular complexity index is 987. The van der Waals surface area contributed by atoms with Crippen molar-refractivity contribution in [3.8, 4) is 6.07 Å². The molecule has 3 heterocycles. The lowest BCUT2D eigenvalue weighted by molar-refractivity contribution is 0.0882. The van der Waals surface area contributed by atoms with E-state index >= 15 is 0 Å². The summed E-state index contributed by atoms with van der Waals surface area (Å²) in [6.45, 7) is 3.26. The van der Waals surface area contributed by atoms with Crippen LogP contribution >= 0.6 is 0 Å². The van der Waals surface area contributed by atoms with Crippen LogP contribution in [-0.2, 0) is 11.3 Å². The Morgan fingerprint density at radius 3 is 2.83 bits per heavy atom. The Labute approximate surface area is 176 Å². The smallest absolute Gasteiger partial charge is 0.227 e. The predicted molar refractivity (Wildman–Crippen MR) is 114 cm³/mol. The zero-order valence-corrected chi connectivity index (χ0v) is 16.7. The van der Waals surface area contributed by atoms with Gasteiger partial charge in [0.25, 0.3) is 0 Å². The molecule has 152 valence electrons. The maximum Gasteiger partial charge on any atom is 0.227 e. The zero-order valence-electron chi connectivity index (χ0n) is 16.7.